The van der Waals surface area contributed by atoms with E-state index in [1.54, 1.807) is 0 Å². The fourth-order valence-electron chi connectivity index (χ4n) is 2.23. The van der Waals surface area contributed by atoms with Gasteiger partial charge in [0.15, 0.2) is 0 Å². The molecule has 1 aromatic carbocycles. The van der Waals surface area contributed by atoms with E-state index in [-0.39, 0.29) is 11.8 Å². The van der Waals surface area contributed by atoms with Crippen LogP contribution in [0, 0.1) is 5.92 Å². The van der Waals surface area contributed by atoms with E-state index >= 15 is 0 Å². The van der Waals surface area contributed by atoms with Gasteiger partial charge in [0.2, 0.25) is 5.91 Å². The minimum absolute atomic E-state index is 0.0381. The van der Waals surface area contributed by atoms with E-state index in [1.807, 2.05) is 37.1 Å². The van der Waals surface area contributed by atoms with Crippen LogP contribution >= 0.6 is 0 Å². The normalized spacial score (nSPS) is 16.0. The van der Waals surface area contributed by atoms with Gasteiger partial charge in [-0.15, -0.1) is 0 Å². The smallest absolute Gasteiger partial charge is 0.231 e. The molecule has 1 amide bonds. The average molecular weight is 218 g/mol. The number of hydrogen-bond acceptors (Lipinski definition) is 2. The third-order valence-corrected chi connectivity index (χ3v) is 3.09. The van der Waals surface area contributed by atoms with Crippen molar-refractivity contribution in [3.05, 3.63) is 29.8 Å². The van der Waals surface area contributed by atoms with Crippen molar-refractivity contribution >= 4 is 11.6 Å². The second-order valence-electron chi connectivity index (χ2n) is 4.33. The van der Waals surface area contributed by atoms with Gasteiger partial charge in [-0.05, 0) is 25.1 Å². The summed E-state index contributed by atoms with van der Waals surface area (Å²) in [7, 11) is 1.88. The molecule has 0 aromatic heterocycles. The molecule has 1 aliphatic rings. The number of amides is 1. The number of hydrogen-bond donors (Lipinski definition) is 1. The van der Waals surface area contributed by atoms with E-state index in [0.717, 1.165) is 25.2 Å². The van der Waals surface area contributed by atoms with Gasteiger partial charge < -0.3 is 10.2 Å². The van der Waals surface area contributed by atoms with Gasteiger partial charge in [-0.25, -0.2) is 0 Å². The molecule has 0 radical (unpaired) electrons. The van der Waals surface area contributed by atoms with Gasteiger partial charge in [0, 0.05) is 24.7 Å². The molecule has 0 spiro atoms. The Hall–Kier alpha value is -1.35. The summed E-state index contributed by atoms with van der Waals surface area (Å²) in [5.74, 6) is 0.260. The van der Waals surface area contributed by atoms with Crippen LogP contribution in [0.5, 0.6) is 0 Å². The molecule has 0 aliphatic carbocycles. The predicted molar refractivity (Wildman–Crippen MR) is 65.6 cm³/mol. The lowest BCUT2D eigenvalue weighted by atomic mass is 10.1. The van der Waals surface area contributed by atoms with Crippen LogP contribution in [-0.2, 0) is 11.2 Å². The number of carbonyl (C=O) groups is 1. The summed E-state index contributed by atoms with van der Waals surface area (Å²) in [6.45, 7) is 3.53. The van der Waals surface area contributed by atoms with E-state index in [2.05, 4.69) is 11.4 Å². The Morgan fingerprint density at radius 1 is 1.50 bits per heavy atom. The van der Waals surface area contributed by atoms with Gasteiger partial charge >= 0.3 is 0 Å². The molecule has 86 valence electrons. The molecular formula is C13H18N2O. The van der Waals surface area contributed by atoms with E-state index < -0.39 is 0 Å². The van der Waals surface area contributed by atoms with E-state index in [4.69, 9.17) is 0 Å². The van der Waals surface area contributed by atoms with Gasteiger partial charge in [0.1, 0.15) is 0 Å². The Balaban J connectivity index is 2.16. The monoisotopic (exact) mass is 218 g/mol. The predicted octanol–water partition coefficient (Wildman–Crippen LogP) is 1.43. The molecule has 0 bridgehead atoms. The molecule has 3 heteroatoms. The average Bonchev–Trinajstić information content (AvgIpc) is 2.72. The van der Waals surface area contributed by atoms with E-state index in [9.17, 15) is 4.79 Å². The van der Waals surface area contributed by atoms with Crippen molar-refractivity contribution in [3.8, 4) is 0 Å². The van der Waals surface area contributed by atoms with Crippen LogP contribution < -0.4 is 10.2 Å². The number of benzene rings is 1. The highest BCUT2D eigenvalue weighted by Crippen LogP contribution is 2.28. The third kappa shape index (κ3) is 1.95. The second-order valence-corrected chi connectivity index (χ2v) is 4.33. The molecule has 0 fully saturated rings. The summed E-state index contributed by atoms with van der Waals surface area (Å²) in [5.41, 5.74) is 2.38. The second kappa shape index (κ2) is 4.66. The van der Waals surface area contributed by atoms with Crippen molar-refractivity contribution in [1.29, 1.82) is 0 Å². The third-order valence-electron chi connectivity index (χ3n) is 3.09. The molecule has 3 nitrogen and oxygen atoms in total. The summed E-state index contributed by atoms with van der Waals surface area (Å²) < 4.78 is 0. The number of para-hydroxylation sites is 1. The lowest BCUT2D eigenvalue weighted by molar-refractivity contribution is -0.121. The highest BCUT2D eigenvalue weighted by Gasteiger charge is 2.26. The van der Waals surface area contributed by atoms with Crippen molar-refractivity contribution in [2.24, 2.45) is 5.92 Å². The van der Waals surface area contributed by atoms with Crippen molar-refractivity contribution in [3.63, 3.8) is 0 Å². The number of carbonyl (C=O) groups excluding carboxylic acids is 1. The summed E-state index contributed by atoms with van der Waals surface area (Å²) in [6, 6.07) is 8.16. The van der Waals surface area contributed by atoms with Crippen LogP contribution in [-0.4, -0.2) is 26.0 Å². The molecular weight excluding hydrogens is 200 g/mol. The van der Waals surface area contributed by atoms with Crippen molar-refractivity contribution in [2.45, 2.75) is 13.3 Å². The van der Waals surface area contributed by atoms with Crippen molar-refractivity contribution < 1.29 is 4.79 Å². The van der Waals surface area contributed by atoms with Crippen LogP contribution in [0.15, 0.2) is 24.3 Å². The van der Waals surface area contributed by atoms with Gasteiger partial charge in [-0.1, -0.05) is 25.1 Å². The molecule has 2 rings (SSSR count). The fourth-order valence-corrected chi connectivity index (χ4v) is 2.23. The lowest BCUT2D eigenvalue weighted by Gasteiger charge is -2.21. The summed E-state index contributed by atoms with van der Waals surface area (Å²) in [5, 5.41) is 3.05. The highest BCUT2D eigenvalue weighted by atomic mass is 16.2. The quantitative estimate of drug-likeness (QED) is 0.832. The minimum atomic E-state index is 0.0381. The SMILES string of the molecule is CNCC(C)C(=O)N1CCc2ccccc21. The summed E-state index contributed by atoms with van der Waals surface area (Å²) >= 11 is 0. The zero-order chi connectivity index (χ0) is 11.5. The van der Waals surface area contributed by atoms with Crippen LogP contribution in [0.1, 0.15) is 12.5 Å². The molecule has 1 atom stereocenters. The number of anilines is 1. The fraction of sp³-hybridized carbons (Fsp3) is 0.462. The number of rotatable bonds is 3. The molecule has 1 N–H and O–H groups in total. The van der Waals surface area contributed by atoms with Gasteiger partial charge in [0.05, 0.1) is 0 Å². The first-order valence-corrected chi connectivity index (χ1v) is 5.78. The van der Waals surface area contributed by atoms with Crippen molar-refractivity contribution in [2.75, 3.05) is 25.0 Å². The zero-order valence-electron chi connectivity index (χ0n) is 9.86. The molecule has 1 aromatic rings. The topological polar surface area (TPSA) is 32.3 Å². The van der Waals surface area contributed by atoms with Crippen LogP contribution in [0.3, 0.4) is 0 Å². The summed E-state index contributed by atoms with van der Waals surface area (Å²) in [4.78, 5) is 14.1. The van der Waals surface area contributed by atoms with E-state index in [0.29, 0.717) is 0 Å². The first kappa shape index (κ1) is 11.1. The maximum Gasteiger partial charge on any atom is 0.231 e. The highest BCUT2D eigenvalue weighted by molar-refractivity contribution is 5.96. The zero-order valence-corrected chi connectivity index (χ0v) is 9.86. The molecule has 1 aliphatic heterocycles. The Morgan fingerprint density at radius 3 is 3.00 bits per heavy atom. The van der Waals surface area contributed by atoms with Crippen LogP contribution in [0.2, 0.25) is 0 Å². The van der Waals surface area contributed by atoms with Crippen LogP contribution in [0.25, 0.3) is 0 Å². The van der Waals surface area contributed by atoms with Crippen molar-refractivity contribution in [1.82, 2.24) is 5.32 Å². The molecule has 0 saturated carbocycles. The Kier molecular flexibility index (Phi) is 3.25. The Morgan fingerprint density at radius 2 is 2.25 bits per heavy atom. The van der Waals surface area contributed by atoms with Gasteiger partial charge in [-0.2, -0.15) is 0 Å². The maximum atomic E-state index is 12.2. The van der Waals surface area contributed by atoms with E-state index in [1.165, 1.54) is 5.56 Å². The lowest BCUT2D eigenvalue weighted by Crippen LogP contribution is -2.37. The first-order valence-electron chi connectivity index (χ1n) is 5.78. The first-order chi connectivity index (χ1) is 7.74. The molecule has 16 heavy (non-hydrogen) atoms. The van der Waals surface area contributed by atoms with Gasteiger partial charge in [-0.3, -0.25) is 4.79 Å². The Bertz CT molecular complexity index is 389. The van der Waals surface area contributed by atoms with Gasteiger partial charge in [0.25, 0.3) is 0 Å². The van der Waals surface area contributed by atoms with Crippen LogP contribution in [0.4, 0.5) is 5.69 Å². The minimum Gasteiger partial charge on any atom is -0.319 e. The largest absolute Gasteiger partial charge is 0.319 e. The molecule has 0 saturated heterocycles. The standard InChI is InChI=1S/C13H18N2O/c1-10(9-14-2)13(16)15-8-7-11-5-3-4-6-12(11)15/h3-6,10,14H,7-9H2,1-2H3. The molecule has 1 unspecified atom stereocenters. The Labute approximate surface area is 96.5 Å². The summed E-state index contributed by atoms with van der Waals surface area (Å²) in [6.07, 6.45) is 0.980. The molecule has 1 heterocycles. The number of nitrogens with one attached hydrogen (secondary N) is 1. The number of nitrogens with zero attached hydrogens (tertiary/aromatic N) is 1. The number of fused-ring (bicyclic) bond motifs is 1. The maximum absolute atomic E-state index is 12.2.